The molecule has 1 aromatic rings. The number of benzene rings is 1. The van der Waals surface area contributed by atoms with Gasteiger partial charge in [-0.1, -0.05) is 62.1 Å². The van der Waals surface area contributed by atoms with Crippen molar-refractivity contribution in [1.29, 1.82) is 0 Å². The van der Waals surface area contributed by atoms with Gasteiger partial charge in [-0.2, -0.15) is 0 Å². The van der Waals surface area contributed by atoms with Crippen LogP contribution in [0.3, 0.4) is 0 Å². The molecule has 0 spiro atoms. The summed E-state index contributed by atoms with van der Waals surface area (Å²) in [6.45, 7) is 12.9. The predicted octanol–water partition coefficient (Wildman–Crippen LogP) is 3.65. The van der Waals surface area contributed by atoms with Gasteiger partial charge in [0.15, 0.2) is 0 Å². The first-order valence-corrected chi connectivity index (χ1v) is 10.6. The van der Waals surface area contributed by atoms with Crippen LogP contribution in [0.25, 0.3) is 0 Å². The minimum Gasteiger partial charge on any atom is -0.298 e. The number of carbonyl (C=O) groups is 1. The first kappa shape index (κ1) is 14.3. The van der Waals surface area contributed by atoms with Gasteiger partial charge in [-0.25, -0.2) is 0 Å². The number of carbonyl (C=O) groups excluding carboxylic acids is 1. The van der Waals surface area contributed by atoms with E-state index in [9.17, 15) is 4.79 Å². The average molecular weight is 272 g/mol. The molecule has 0 heterocycles. The van der Waals surface area contributed by atoms with Gasteiger partial charge >= 0.3 is 0 Å². The SMILES string of the molecule is C=CC[C@]1(c2ccc([Si](C)(C)C)cc2)C[C@@H](C)C1=O. The Kier molecular flexibility index (Phi) is 3.56. The van der Waals surface area contributed by atoms with Crippen molar-refractivity contribution in [2.45, 2.75) is 44.8 Å². The van der Waals surface area contributed by atoms with E-state index in [0.29, 0.717) is 5.78 Å². The third-order valence-corrected chi connectivity index (χ3v) is 6.44. The lowest BCUT2D eigenvalue weighted by molar-refractivity contribution is -0.137. The Labute approximate surface area is 117 Å². The molecule has 1 aromatic carbocycles. The maximum absolute atomic E-state index is 12.3. The number of allylic oxidation sites excluding steroid dienone is 1. The minimum absolute atomic E-state index is 0.205. The van der Waals surface area contributed by atoms with Crippen molar-refractivity contribution < 1.29 is 4.79 Å². The van der Waals surface area contributed by atoms with Gasteiger partial charge in [0.25, 0.3) is 0 Å². The Morgan fingerprint density at radius 1 is 1.32 bits per heavy atom. The maximum atomic E-state index is 12.3. The summed E-state index contributed by atoms with van der Waals surface area (Å²) in [6, 6.07) is 8.78. The largest absolute Gasteiger partial charge is 0.298 e. The van der Waals surface area contributed by atoms with Crippen LogP contribution in [0.1, 0.15) is 25.3 Å². The van der Waals surface area contributed by atoms with Gasteiger partial charge in [-0.05, 0) is 18.4 Å². The molecule has 1 fully saturated rings. The van der Waals surface area contributed by atoms with Crippen LogP contribution < -0.4 is 5.19 Å². The smallest absolute Gasteiger partial charge is 0.146 e. The summed E-state index contributed by atoms with van der Waals surface area (Å²) in [5, 5.41) is 1.45. The van der Waals surface area contributed by atoms with Crippen LogP contribution in [0.4, 0.5) is 0 Å². The van der Waals surface area contributed by atoms with Crippen LogP contribution in [0.15, 0.2) is 36.9 Å². The molecule has 2 atom stereocenters. The van der Waals surface area contributed by atoms with E-state index >= 15 is 0 Å². The second-order valence-corrected chi connectivity index (χ2v) is 11.9. The lowest BCUT2D eigenvalue weighted by Gasteiger charge is -2.44. The summed E-state index contributed by atoms with van der Waals surface area (Å²) in [6.07, 6.45) is 3.61. The van der Waals surface area contributed by atoms with Crippen molar-refractivity contribution in [3.05, 3.63) is 42.5 Å². The molecule has 102 valence electrons. The highest BCUT2D eigenvalue weighted by molar-refractivity contribution is 6.88. The molecule has 0 aromatic heterocycles. The first-order chi connectivity index (χ1) is 8.81. The highest BCUT2D eigenvalue weighted by atomic mass is 28.3. The molecule has 0 unspecified atom stereocenters. The number of hydrogen-bond donors (Lipinski definition) is 0. The summed E-state index contributed by atoms with van der Waals surface area (Å²) in [5.41, 5.74) is 0.900. The number of Topliss-reactive ketones (excluding diaryl/α,β-unsaturated/α-hetero) is 1. The van der Waals surface area contributed by atoms with Gasteiger partial charge in [0.1, 0.15) is 5.78 Å². The van der Waals surface area contributed by atoms with Gasteiger partial charge in [0.2, 0.25) is 0 Å². The summed E-state index contributed by atoms with van der Waals surface area (Å²) >= 11 is 0. The van der Waals surface area contributed by atoms with Crippen molar-refractivity contribution >= 4 is 19.0 Å². The van der Waals surface area contributed by atoms with Gasteiger partial charge in [-0.15, -0.1) is 6.58 Å². The third-order valence-electron chi connectivity index (χ3n) is 4.37. The summed E-state index contributed by atoms with van der Waals surface area (Å²) in [7, 11) is -1.26. The van der Waals surface area contributed by atoms with Gasteiger partial charge in [0, 0.05) is 5.92 Å². The molecule has 2 rings (SSSR count). The zero-order valence-corrected chi connectivity index (χ0v) is 13.5. The van der Waals surface area contributed by atoms with E-state index in [1.165, 1.54) is 10.8 Å². The molecule has 1 aliphatic carbocycles. The lowest BCUT2D eigenvalue weighted by Crippen LogP contribution is -2.51. The van der Waals surface area contributed by atoms with E-state index in [4.69, 9.17) is 0 Å². The van der Waals surface area contributed by atoms with Crippen molar-refractivity contribution in [3.8, 4) is 0 Å². The number of rotatable bonds is 4. The Morgan fingerprint density at radius 3 is 2.26 bits per heavy atom. The van der Waals surface area contributed by atoms with Crippen molar-refractivity contribution in [2.75, 3.05) is 0 Å². The fraction of sp³-hybridized carbons (Fsp3) is 0.471. The van der Waals surface area contributed by atoms with Crippen molar-refractivity contribution in [3.63, 3.8) is 0 Å². The van der Waals surface area contributed by atoms with Crippen molar-refractivity contribution in [2.24, 2.45) is 5.92 Å². The molecule has 2 heteroatoms. The van der Waals surface area contributed by atoms with Gasteiger partial charge in [-0.3, -0.25) is 4.79 Å². The highest BCUT2D eigenvalue weighted by Gasteiger charge is 2.51. The van der Waals surface area contributed by atoms with E-state index < -0.39 is 8.07 Å². The zero-order valence-electron chi connectivity index (χ0n) is 12.5. The fourth-order valence-corrected chi connectivity index (χ4v) is 4.32. The number of ketones is 1. The van der Waals surface area contributed by atoms with E-state index in [2.05, 4.69) is 50.5 Å². The van der Waals surface area contributed by atoms with E-state index in [1.807, 2.05) is 13.0 Å². The molecule has 0 N–H and O–H groups in total. The zero-order chi connectivity index (χ0) is 14.3. The lowest BCUT2D eigenvalue weighted by atomic mass is 9.56. The molecular weight excluding hydrogens is 248 g/mol. The minimum atomic E-state index is -1.26. The quantitative estimate of drug-likeness (QED) is 0.604. The van der Waals surface area contributed by atoms with Gasteiger partial charge in [0.05, 0.1) is 13.5 Å². The first-order valence-electron chi connectivity index (χ1n) is 7.07. The second-order valence-electron chi connectivity index (χ2n) is 6.87. The summed E-state index contributed by atoms with van der Waals surface area (Å²) < 4.78 is 0. The molecule has 0 bridgehead atoms. The Bertz CT molecular complexity index is 495. The highest BCUT2D eigenvalue weighted by Crippen LogP contribution is 2.46. The standard InChI is InChI=1S/C17H24OSi/c1-6-11-17(12-13(2)16(17)18)14-7-9-15(10-8-14)19(3,4)5/h6-10,13H,1,11-12H2,2-5H3/t13-,17-/m1/s1. The number of hydrogen-bond acceptors (Lipinski definition) is 1. The van der Waals surface area contributed by atoms with Crippen LogP contribution in [0.5, 0.6) is 0 Å². The molecule has 1 aliphatic rings. The molecule has 0 aliphatic heterocycles. The Balaban J connectivity index is 2.35. The summed E-state index contributed by atoms with van der Waals surface area (Å²) in [5.74, 6) is 0.588. The Morgan fingerprint density at radius 2 is 1.89 bits per heavy atom. The van der Waals surface area contributed by atoms with Gasteiger partial charge < -0.3 is 0 Å². The predicted molar refractivity (Wildman–Crippen MR) is 84.7 cm³/mol. The van der Waals surface area contributed by atoms with E-state index in [1.54, 1.807) is 0 Å². The summed E-state index contributed by atoms with van der Waals surface area (Å²) in [4.78, 5) is 12.3. The van der Waals surface area contributed by atoms with E-state index in [-0.39, 0.29) is 11.3 Å². The normalized spacial score (nSPS) is 26.9. The fourth-order valence-electron chi connectivity index (χ4n) is 3.15. The molecule has 1 saturated carbocycles. The average Bonchev–Trinajstić information content (AvgIpc) is 2.37. The second kappa shape index (κ2) is 4.75. The Hall–Kier alpha value is -1.15. The van der Waals surface area contributed by atoms with E-state index in [0.717, 1.165) is 12.8 Å². The van der Waals surface area contributed by atoms with Crippen LogP contribution in [-0.4, -0.2) is 13.9 Å². The topological polar surface area (TPSA) is 17.1 Å². The monoisotopic (exact) mass is 272 g/mol. The molecule has 0 amide bonds. The maximum Gasteiger partial charge on any atom is 0.146 e. The molecule has 0 radical (unpaired) electrons. The van der Waals surface area contributed by atoms with Crippen LogP contribution in [-0.2, 0) is 10.2 Å². The van der Waals surface area contributed by atoms with Crippen LogP contribution in [0, 0.1) is 5.92 Å². The third kappa shape index (κ3) is 2.34. The van der Waals surface area contributed by atoms with Crippen LogP contribution in [0.2, 0.25) is 19.6 Å². The molecule has 1 nitrogen and oxygen atoms in total. The molecular formula is C17H24OSi. The molecule has 19 heavy (non-hydrogen) atoms. The van der Waals surface area contributed by atoms with Crippen LogP contribution >= 0.6 is 0 Å². The molecule has 0 saturated heterocycles. The van der Waals surface area contributed by atoms with Crippen molar-refractivity contribution in [1.82, 2.24) is 0 Å².